The predicted octanol–water partition coefficient (Wildman–Crippen LogP) is 5.57. The number of benzene rings is 2. The number of carbonyl (C=O) groups excluding carboxylic acids is 2. The van der Waals surface area contributed by atoms with E-state index in [1.165, 1.54) is 5.56 Å². The highest BCUT2D eigenvalue weighted by atomic mass is 35.5. The van der Waals surface area contributed by atoms with Crippen LogP contribution in [0.1, 0.15) is 50.3 Å². The van der Waals surface area contributed by atoms with Gasteiger partial charge in [-0.05, 0) is 56.9 Å². The number of nitrogens with zero attached hydrogens (tertiary/aromatic N) is 1. The van der Waals surface area contributed by atoms with Crippen molar-refractivity contribution in [2.45, 2.75) is 65.6 Å². The number of hydrogen-bond donors (Lipinski definition) is 1. The number of rotatable bonds is 9. The summed E-state index contributed by atoms with van der Waals surface area (Å²) in [5, 5.41) is 3.86. The van der Waals surface area contributed by atoms with Crippen LogP contribution in [0.2, 0.25) is 10.0 Å². The Morgan fingerprint density at radius 2 is 1.63 bits per heavy atom. The topological polar surface area (TPSA) is 49.4 Å². The van der Waals surface area contributed by atoms with E-state index in [4.69, 9.17) is 23.2 Å². The van der Waals surface area contributed by atoms with E-state index < -0.39 is 6.04 Å². The molecule has 0 unspecified atom stereocenters. The van der Waals surface area contributed by atoms with E-state index in [1.807, 2.05) is 51.1 Å². The first-order chi connectivity index (χ1) is 14.2. The van der Waals surface area contributed by atoms with E-state index in [0.29, 0.717) is 29.4 Å². The molecule has 0 heterocycles. The van der Waals surface area contributed by atoms with Crippen LogP contribution in [0.15, 0.2) is 42.5 Å². The second-order valence-corrected chi connectivity index (χ2v) is 8.56. The highest BCUT2D eigenvalue weighted by molar-refractivity contribution is 6.42. The third-order valence-electron chi connectivity index (χ3n) is 5.25. The average molecular weight is 449 g/mol. The fourth-order valence-corrected chi connectivity index (χ4v) is 3.35. The van der Waals surface area contributed by atoms with Crippen LogP contribution in [0.5, 0.6) is 0 Å². The first-order valence-corrected chi connectivity index (χ1v) is 11.1. The summed E-state index contributed by atoms with van der Waals surface area (Å²) in [6, 6.07) is 12.9. The van der Waals surface area contributed by atoms with E-state index in [2.05, 4.69) is 5.32 Å². The number of aryl methyl sites for hydroxylation is 2. The van der Waals surface area contributed by atoms with Crippen molar-refractivity contribution < 1.29 is 9.59 Å². The largest absolute Gasteiger partial charge is 0.352 e. The van der Waals surface area contributed by atoms with E-state index >= 15 is 0 Å². The van der Waals surface area contributed by atoms with Gasteiger partial charge in [0.1, 0.15) is 6.04 Å². The molecule has 0 radical (unpaired) electrons. The molecule has 2 amide bonds. The second-order valence-electron chi connectivity index (χ2n) is 7.75. The van der Waals surface area contributed by atoms with Gasteiger partial charge in [-0.3, -0.25) is 9.59 Å². The lowest BCUT2D eigenvalue weighted by Crippen LogP contribution is -2.49. The number of hydrogen-bond acceptors (Lipinski definition) is 2. The molecule has 30 heavy (non-hydrogen) atoms. The highest BCUT2D eigenvalue weighted by Crippen LogP contribution is 2.24. The minimum absolute atomic E-state index is 0.0504. The minimum Gasteiger partial charge on any atom is -0.352 e. The monoisotopic (exact) mass is 448 g/mol. The molecule has 2 rings (SSSR count). The van der Waals surface area contributed by atoms with Crippen LogP contribution in [0, 0.1) is 6.92 Å². The number of amides is 2. The van der Waals surface area contributed by atoms with Gasteiger partial charge in [0.15, 0.2) is 0 Å². The summed E-state index contributed by atoms with van der Waals surface area (Å²) in [7, 11) is 0. The van der Waals surface area contributed by atoms with Gasteiger partial charge in [-0.2, -0.15) is 0 Å². The molecule has 0 aliphatic heterocycles. The van der Waals surface area contributed by atoms with Crippen LogP contribution in [0.4, 0.5) is 0 Å². The first-order valence-electron chi connectivity index (χ1n) is 10.3. The van der Waals surface area contributed by atoms with Crippen LogP contribution in [0.25, 0.3) is 0 Å². The third kappa shape index (κ3) is 7.03. The lowest BCUT2D eigenvalue weighted by atomic mass is 10.1. The molecule has 0 fully saturated rings. The standard InChI is InChI=1S/C24H30Cl2N2O2/c1-5-17(3)27-24(30)18(4)28(15-20-10-12-21(25)22(26)14-20)23(29)13-11-19-8-6-16(2)7-9-19/h6-10,12,14,17-18H,5,11,13,15H2,1-4H3,(H,27,30)/t17-,18+/m1/s1. The van der Waals surface area contributed by atoms with Gasteiger partial charge in [0, 0.05) is 19.0 Å². The van der Waals surface area contributed by atoms with Crippen LogP contribution in [-0.2, 0) is 22.6 Å². The Labute approximate surface area is 189 Å². The molecule has 0 spiro atoms. The predicted molar refractivity (Wildman–Crippen MR) is 124 cm³/mol. The lowest BCUT2D eigenvalue weighted by Gasteiger charge is -2.30. The Bertz CT molecular complexity index is 868. The quantitative estimate of drug-likeness (QED) is 0.545. The fraction of sp³-hybridized carbons (Fsp3) is 0.417. The van der Waals surface area contributed by atoms with E-state index in [-0.39, 0.29) is 17.9 Å². The molecule has 0 aliphatic rings. The van der Waals surface area contributed by atoms with Gasteiger partial charge >= 0.3 is 0 Å². The summed E-state index contributed by atoms with van der Waals surface area (Å²) in [4.78, 5) is 27.5. The zero-order valence-corrected chi connectivity index (χ0v) is 19.6. The summed E-state index contributed by atoms with van der Waals surface area (Å²) in [6.07, 6.45) is 1.77. The molecule has 0 bridgehead atoms. The summed E-state index contributed by atoms with van der Waals surface area (Å²) in [6.45, 7) is 8.05. The second kappa shape index (κ2) is 11.4. The van der Waals surface area contributed by atoms with Gasteiger partial charge in [-0.25, -0.2) is 0 Å². The number of carbonyl (C=O) groups is 2. The van der Waals surface area contributed by atoms with Gasteiger partial charge in [-0.1, -0.05) is 66.0 Å². The molecule has 1 N–H and O–H groups in total. The van der Waals surface area contributed by atoms with Crippen molar-refractivity contribution >= 4 is 35.0 Å². The zero-order chi connectivity index (χ0) is 22.3. The molecule has 0 aromatic heterocycles. The van der Waals surface area contributed by atoms with Crippen molar-refractivity contribution in [2.24, 2.45) is 0 Å². The van der Waals surface area contributed by atoms with Crippen LogP contribution >= 0.6 is 23.2 Å². The van der Waals surface area contributed by atoms with E-state index in [9.17, 15) is 9.59 Å². The summed E-state index contributed by atoms with van der Waals surface area (Å²) in [5.74, 6) is -0.235. The zero-order valence-electron chi connectivity index (χ0n) is 18.0. The Hall–Kier alpha value is -2.04. The SMILES string of the molecule is CC[C@@H](C)NC(=O)[C@H](C)N(Cc1ccc(Cl)c(Cl)c1)C(=O)CCc1ccc(C)cc1. The van der Waals surface area contributed by atoms with Crippen molar-refractivity contribution in [3.8, 4) is 0 Å². The van der Waals surface area contributed by atoms with Gasteiger partial charge in [0.2, 0.25) is 11.8 Å². The molecule has 2 aromatic carbocycles. The molecular weight excluding hydrogens is 419 g/mol. The van der Waals surface area contributed by atoms with Crippen molar-refractivity contribution in [2.75, 3.05) is 0 Å². The summed E-state index contributed by atoms with van der Waals surface area (Å²) >= 11 is 12.2. The van der Waals surface area contributed by atoms with Crippen molar-refractivity contribution in [1.82, 2.24) is 10.2 Å². The molecule has 4 nitrogen and oxygen atoms in total. The molecule has 0 aliphatic carbocycles. The maximum Gasteiger partial charge on any atom is 0.242 e. The minimum atomic E-state index is -0.598. The molecule has 6 heteroatoms. The van der Waals surface area contributed by atoms with E-state index in [1.54, 1.807) is 24.0 Å². The fourth-order valence-electron chi connectivity index (χ4n) is 3.03. The van der Waals surface area contributed by atoms with Crippen LogP contribution in [-0.4, -0.2) is 28.8 Å². The summed E-state index contributed by atoms with van der Waals surface area (Å²) in [5.41, 5.74) is 3.11. The molecule has 2 atom stereocenters. The molecular formula is C24H30Cl2N2O2. The average Bonchev–Trinajstić information content (AvgIpc) is 2.73. The van der Waals surface area contributed by atoms with Gasteiger partial charge in [-0.15, -0.1) is 0 Å². The van der Waals surface area contributed by atoms with Crippen molar-refractivity contribution in [1.29, 1.82) is 0 Å². The lowest BCUT2D eigenvalue weighted by molar-refractivity contribution is -0.140. The van der Waals surface area contributed by atoms with Gasteiger partial charge in [0.05, 0.1) is 10.0 Å². The number of halogens is 2. The van der Waals surface area contributed by atoms with Crippen LogP contribution < -0.4 is 5.32 Å². The molecule has 162 valence electrons. The molecule has 0 saturated carbocycles. The molecule has 2 aromatic rings. The molecule has 0 saturated heterocycles. The maximum absolute atomic E-state index is 13.1. The number of nitrogens with one attached hydrogen (secondary N) is 1. The Morgan fingerprint density at radius 3 is 2.23 bits per heavy atom. The smallest absolute Gasteiger partial charge is 0.242 e. The highest BCUT2D eigenvalue weighted by Gasteiger charge is 2.26. The van der Waals surface area contributed by atoms with Crippen LogP contribution in [0.3, 0.4) is 0 Å². The Morgan fingerprint density at radius 1 is 1.00 bits per heavy atom. The summed E-state index contributed by atoms with van der Waals surface area (Å²) < 4.78 is 0. The van der Waals surface area contributed by atoms with Gasteiger partial charge < -0.3 is 10.2 Å². The normalized spacial score (nSPS) is 12.9. The van der Waals surface area contributed by atoms with Crippen molar-refractivity contribution in [3.63, 3.8) is 0 Å². The first kappa shape index (κ1) is 24.2. The maximum atomic E-state index is 13.1. The Balaban J connectivity index is 2.17. The Kier molecular flexibility index (Phi) is 9.19. The van der Waals surface area contributed by atoms with E-state index in [0.717, 1.165) is 17.5 Å². The van der Waals surface area contributed by atoms with Gasteiger partial charge in [0.25, 0.3) is 0 Å². The third-order valence-corrected chi connectivity index (χ3v) is 5.99. The van der Waals surface area contributed by atoms with Crippen molar-refractivity contribution in [3.05, 3.63) is 69.2 Å².